The number of nitrogens with two attached hydrogens (primary N) is 1. The van der Waals surface area contributed by atoms with Gasteiger partial charge in [-0.05, 0) is 37.0 Å². The van der Waals surface area contributed by atoms with Crippen LogP contribution in [0.5, 0.6) is 0 Å². The fraction of sp³-hybridized carbons (Fsp3) is 0.385. The Morgan fingerprint density at radius 1 is 1.47 bits per heavy atom. The van der Waals surface area contributed by atoms with Crippen LogP contribution in [0.2, 0.25) is 0 Å². The summed E-state index contributed by atoms with van der Waals surface area (Å²) < 4.78 is 24.2. The first-order valence-corrected chi connectivity index (χ1v) is 6.11. The number of anilines is 1. The van der Waals surface area contributed by atoms with Crippen LogP contribution < -0.4 is 5.73 Å². The van der Waals surface area contributed by atoms with Gasteiger partial charge in [-0.1, -0.05) is 5.16 Å². The molecule has 1 aromatic carbocycles. The van der Waals surface area contributed by atoms with Crippen LogP contribution in [0, 0.1) is 11.7 Å². The number of nitrogen functional groups attached to an aromatic ring is 1. The first-order valence-electron chi connectivity index (χ1n) is 6.11. The maximum Gasteiger partial charge on any atom is 0.260 e. The van der Waals surface area contributed by atoms with Crippen LogP contribution in [0.1, 0.15) is 24.8 Å². The summed E-state index contributed by atoms with van der Waals surface area (Å²) in [5.74, 6) is 0.578. The molecule has 1 fully saturated rings. The number of methoxy groups -OCH3 is 1. The molecule has 1 saturated carbocycles. The molecule has 1 atom stereocenters. The molecule has 0 bridgehead atoms. The summed E-state index contributed by atoms with van der Waals surface area (Å²) in [6.45, 7) is 0. The van der Waals surface area contributed by atoms with Gasteiger partial charge in [-0.3, -0.25) is 0 Å². The number of nitrogens with zero attached hydrogens (tertiary/aromatic N) is 2. The highest BCUT2D eigenvalue weighted by atomic mass is 19.1. The van der Waals surface area contributed by atoms with Crippen molar-refractivity contribution < 1.29 is 13.7 Å². The molecule has 3 rings (SSSR count). The van der Waals surface area contributed by atoms with E-state index >= 15 is 0 Å². The SMILES string of the molecule is COC(c1noc(-c2ccc(N)cc2F)n1)C1CC1. The van der Waals surface area contributed by atoms with Gasteiger partial charge in [0.25, 0.3) is 5.89 Å². The van der Waals surface area contributed by atoms with E-state index < -0.39 is 5.82 Å². The van der Waals surface area contributed by atoms with Gasteiger partial charge >= 0.3 is 0 Å². The summed E-state index contributed by atoms with van der Waals surface area (Å²) in [7, 11) is 1.61. The topological polar surface area (TPSA) is 74.2 Å². The third-order valence-electron chi connectivity index (χ3n) is 3.22. The average molecular weight is 263 g/mol. The predicted octanol–water partition coefficient (Wildman–Crippen LogP) is 2.56. The van der Waals surface area contributed by atoms with Crippen LogP contribution in [0.15, 0.2) is 22.7 Å². The highest BCUT2D eigenvalue weighted by Gasteiger charge is 2.35. The van der Waals surface area contributed by atoms with E-state index in [4.69, 9.17) is 15.0 Å². The Bertz CT molecular complexity index is 595. The molecular formula is C13H14FN3O2. The summed E-state index contributed by atoms with van der Waals surface area (Å²) in [5, 5.41) is 3.88. The van der Waals surface area contributed by atoms with E-state index in [0.29, 0.717) is 17.4 Å². The smallest absolute Gasteiger partial charge is 0.260 e. The van der Waals surface area contributed by atoms with Crippen LogP contribution in [0.25, 0.3) is 11.5 Å². The van der Waals surface area contributed by atoms with Gasteiger partial charge in [0.2, 0.25) is 5.82 Å². The number of ether oxygens (including phenoxy) is 1. The zero-order valence-corrected chi connectivity index (χ0v) is 10.5. The van der Waals surface area contributed by atoms with Gasteiger partial charge in [0.15, 0.2) is 0 Å². The van der Waals surface area contributed by atoms with Gasteiger partial charge in [0.1, 0.15) is 11.9 Å². The molecule has 1 aliphatic carbocycles. The van der Waals surface area contributed by atoms with Crippen molar-refractivity contribution in [1.29, 1.82) is 0 Å². The highest BCUT2D eigenvalue weighted by molar-refractivity contribution is 5.58. The van der Waals surface area contributed by atoms with Crippen LogP contribution in [0.3, 0.4) is 0 Å². The molecule has 0 saturated heterocycles. The number of hydrogen-bond donors (Lipinski definition) is 1. The summed E-state index contributed by atoms with van der Waals surface area (Å²) in [4.78, 5) is 4.22. The molecule has 1 aromatic heterocycles. The number of benzene rings is 1. The molecule has 1 aliphatic rings. The van der Waals surface area contributed by atoms with Crippen LogP contribution in [0.4, 0.5) is 10.1 Å². The number of rotatable bonds is 4. The van der Waals surface area contributed by atoms with Crippen LogP contribution in [-0.2, 0) is 4.74 Å². The number of aromatic nitrogens is 2. The lowest BCUT2D eigenvalue weighted by molar-refractivity contribution is 0.0751. The second-order valence-electron chi connectivity index (χ2n) is 4.69. The minimum atomic E-state index is -0.476. The Balaban J connectivity index is 1.91. The number of halogens is 1. The standard InChI is InChI=1S/C13H14FN3O2/c1-18-11(7-2-3-7)12-16-13(19-17-12)9-5-4-8(15)6-10(9)14/h4-7,11H,2-3,15H2,1H3. The third kappa shape index (κ3) is 2.31. The summed E-state index contributed by atoms with van der Waals surface area (Å²) >= 11 is 0. The lowest BCUT2D eigenvalue weighted by atomic mass is 10.2. The second-order valence-corrected chi connectivity index (χ2v) is 4.69. The molecule has 0 aliphatic heterocycles. The van der Waals surface area contributed by atoms with Gasteiger partial charge in [-0.25, -0.2) is 4.39 Å². The van der Waals surface area contributed by atoms with Crippen molar-refractivity contribution in [2.75, 3.05) is 12.8 Å². The highest BCUT2D eigenvalue weighted by Crippen LogP contribution is 2.42. The predicted molar refractivity (Wildman–Crippen MR) is 66.6 cm³/mol. The third-order valence-corrected chi connectivity index (χ3v) is 3.22. The van der Waals surface area contributed by atoms with Crippen molar-refractivity contribution in [3.63, 3.8) is 0 Å². The first-order chi connectivity index (χ1) is 9.19. The van der Waals surface area contributed by atoms with Crippen molar-refractivity contribution in [2.45, 2.75) is 18.9 Å². The fourth-order valence-electron chi connectivity index (χ4n) is 2.07. The maximum absolute atomic E-state index is 13.8. The Hall–Kier alpha value is -1.95. The molecule has 0 amide bonds. The van der Waals surface area contributed by atoms with Gasteiger partial charge in [0.05, 0.1) is 5.56 Å². The lowest BCUT2D eigenvalue weighted by Gasteiger charge is -2.08. The lowest BCUT2D eigenvalue weighted by Crippen LogP contribution is -2.05. The molecule has 1 unspecified atom stereocenters. The van der Waals surface area contributed by atoms with E-state index in [1.54, 1.807) is 13.2 Å². The minimum absolute atomic E-state index is 0.148. The fourth-order valence-corrected chi connectivity index (χ4v) is 2.07. The van der Waals surface area contributed by atoms with Gasteiger partial charge in [0, 0.05) is 12.8 Å². The van der Waals surface area contributed by atoms with Gasteiger partial charge < -0.3 is 15.0 Å². The maximum atomic E-state index is 13.8. The molecule has 2 aromatic rings. The zero-order valence-electron chi connectivity index (χ0n) is 10.5. The van der Waals surface area contributed by atoms with E-state index in [1.165, 1.54) is 12.1 Å². The Kier molecular flexibility index (Phi) is 2.94. The van der Waals surface area contributed by atoms with Crippen LogP contribution >= 0.6 is 0 Å². The molecule has 5 nitrogen and oxygen atoms in total. The quantitative estimate of drug-likeness (QED) is 0.858. The molecular weight excluding hydrogens is 249 g/mol. The molecule has 19 heavy (non-hydrogen) atoms. The Morgan fingerprint density at radius 2 is 2.26 bits per heavy atom. The van der Waals surface area contributed by atoms with E-state index in [2.05, 4.69) is 10.1 Å². The van der Waals surface area contributed by atoms with E-state index in [1.807, 2.05) is 0 Å². The molecule has 100 valence electrons. The second kappa shape index (κ2) is 4.62. The molecule has 1 heterocycles. The zero-order chi connectivity index (χ0) is 13.4. The number of hydrogen-bond acceptors (Lipinski definition) is 5. The summed E-state index contributed by atoms with van der Waals surface area (Å²) in [6.07, 6.45) is 2.02. The molecule has 6 heteroatoms. The summed E-state index contributed by atoms with van der Waals surface area (Å²) in [5.41, 5.74) is 6.11. The Labute approximate surface area is 109 Å². The minimum Gasteiger partial charge on any atom is -0.399 e. The van der Waals surface area contributed by atoms with E-state index in [0.717, 1.165) is 12.8 Å². The monoisotopic (exact) mass is 263 g/mol. The first kappa shape index (κ1) is 12.1. The van der Waals surface area contributed by atoms with Gasteiger partial charge in [-0.2, -0.15) is 4.98 Å². The normalized spacial score (nSPS) is 16.5. The Morgan fingerprint density at radius 3 is 2.89 bits per heavy atom. The van der Waals surface area contributed by atoms with Gasteiger partial charge in [-0.15, -0.1) is 0 Å². The van der Waals surface area contributed by atoms with Crippen molar-refractivity contribution >= 4 is 5.69 Å². The van der Waals surface area contributed by atoms with Crippen LogP contribution in [-0.4, -0.2) is 17.3 Å². The summed E-state index contributed by atoms with van der Waals surface area (Å²) in [6, 6.07) is 4.35. The van der Waals surface area contributed by atoms with E-state index in [-0.39, 0.29) is 17.6 Å². The van der Waals surface area contributed by atoms with Crippen molar-refractivity contribution in [3.8, 4) is 11.5 Å². The largest absolute Gasteiger partial charge is 0.399 e. The molecule has 0 radical (unpaired) electrons. The van der Waals surface area contributed by atoms with Crippen molar-refractivity contribution in [2.24, 2.45) is 5.92 Å². The van der Waals surface area contributed by atoms with Crippen molar-refractivity contribution in [1.82, 2.24) is 10.1 Å². The molecule has 2 N–H and O–H groups in total. The molecule has 0 spiro atoms. The van der Waals surface area contributed by atoms with Crippen molar-refractivity contribution in [3.05, 3.63) is 29.8 Å². The van der Waals surface area contributed by atoms with E-state index in [9.17, 15) is 4.39 Å². The average Bonchev–Trinajstić information content (AvgIpc) is 3.09.